The number of carbonyl (C=O) groups excluding carboxylic acids is 3. The Morgan fingerprint density at radius 3 is 2.65 bits per heavy atom. The summed E-state index contributed by atoms with van der Waals surface area (Å²) in [6, 6.07) is 6.09. The maximum atomic E-state index is 12.2. The van der Waals surface area contributed by atoms with E-state index in [2.05, 4.69) is 5.32 Å². The van der Waals surface area contributed by atoms with Crippen molar-refractivity contribution in [3.05, 3.63) is 34.9 Å². The zero-order chi connectivity index (χ0) is 14.3. The molecule has 1 aromatic rings. The third kappa shape index (κ3) is 2.12. The van der Waals surface area contributed by atoms with Gasteiger partial charge >= 0.3 is 6.03 Å². The molecule has 0 aromatic heterocycles. The van der Waals surface area contributed by atoms with E-state index < -0.39 is 0 Å². The van der Waals surface area contributed by atoms with Crippen LogP contribution in [0.15, 0.2) is 24.3 Å². The molecule has 0 saturated carbocycles. The van der Waals surface area contributed by atoms with Crippen LogP contribution in [0.1, 0.15) is 10.4 Å². The van der Waals surface area contributed by atoms with Crippen molar-refractivity contribution >= 4 is 29.4 Å². The fourth-order valence-corrected chi connectivity index (χ4v) is 2.58. The third-order valence-electron chi connectivity index (χ3n) is 3.46. The SMILES string of the molecule is O=C(c1cccc(Cl)c1)N1CC(N2C(=O)CNC2=O)C1. The van der Waals surface area contributed by atoms with Crippen molar-refractivity contribution in [2.75, 3.05) is 19.6 Å². The third-order valence-corrected chi connectivity index (χ3v) is 3.70. The van der Waals surface area contributed by atoms with E-state index in [4.69, 9.17) is 11.6 Å². The molecule has 7 heteroatoms. The first-order valence-electron chi connectivity index (χ1n) is 6.21. The van der Waals surface area contributed by atoms with Gasteiger partial charge in [0.2, 0.25) is 5.91 Å². The molecule has 2 fully saturated rings. The Bertz CT molecular complexity index is 582. The second kappa shape index (κ2) is 4.79. The minimum Gasteiger partial charge on any atom is -0.334 e. The van der Waals surface area contributed by atoms with Gasteiger partial charge in [-0.05, 0) is 18.2 Å². The van der Waals surface area contributed by atoms with Gasteiger partial charge in [0.15, 0.2) is 0 Å². The van der Waals surface area contributed by atoms with E-state index in [0.29, 0.717) is 23.7 Å². The molecule has 0 aliphatic carbocycles. The number of likely N-dealkylation sites (tertiary alicyclic amines) is 1. The molecule has 1 aromatic carbocycles. The molecule has 1 N–H and O–H groups in total. The van der Waals surface area contributed by atoms with Gasteiger partial charge in [0, 0.05) is 23.7 Å². The zero-order valence-electron chi connectivity index (χ0n) is 10.5. The van der Waals surface area contributed by atoms with Crippen molar-refractivity contribution in [2.24, 2.45) is 0 Å². The monoisotopic (exact) mass is 293 g/mol. The average molecular weight is 294 g/mol. The van der Waals surface area contributed by atoms with Crippen LogP contribution in [-0.2, 0) is 4.79 Å². The lowest BCUT2D eigenvalue weighted by molar-refractivity contribution is -0.128. The van der Waals surface area contributed by atoms with Crippen molar-refractivity contribution < 1.29 is 14.4 Å². The second-order valence-corrected chi connectivity index (χ2v) is 5.23. The van der Waals surface area contributed by atoms with Gasteiger partial charge in [0.1, 0.15) is 0 Å². The summed E-state index contributed by atoms with van der Waals surface area (Å²) in [6.45, 7) is 0.770. The number of benzene rings is 1. The molecule has 20 heavy (non-hydrogen) atoms. The van der Waals surface area contributed by atoms with Gasteiger partial charge in [-0.1, -0.05) is 17.7 Å². The summed E-state index contributed by atoms with van der Waals surface area (Å²) >= 11 is 5.85. The number of hydrogen-bond acceptors (Lipinski definition) is 3. The van der Waals surface area contributed by atoms with Crippen molar-refractivity contribution in [3.8, 4) is 0 Å². The molecular weight excluding hydrogens is 282 g/mol. The number of nitrogens with one attached hydrogen (secondary N) is 1. The Morgan fingerprint density at radius 1 is 1.30 bits per heavy atom. The topological polar surface area (TPSA) is 69.7 Å². The summed E-state index contributed by atoms with van der Waals surface area (Å²) < 4.78 is 0. The van der Waals surface area contributed by atoms with Crippen LogP contribution in [0.5, 0.6) is 0 Å². The average Bonchev–Trinajstić information content (AvgIpc) is 2.69. The lowest BCUT2D eigenvalue weighted by atomic mass is 10.1. The summed E-state index contributed by atoms with van der Waals surface area (Å²) in [4.78, 5) is 38.0. The van der Waals surface area contributed by atoms with Crippen LogP contribution < -0.4 is 5.32 Å². The zero-order valence-corrected chi connectivity index (χ0v) is 11.3. The highest BCUT2D eigenvalue weighted by Crippen LogP contribution is 2.21. The number of imide groups is 1. The van der Waals surface area contributed by atoms with Crippen LogP contribution in [0.25, 0.3) is 0 Å². The molecule has 2 aliphatic heterocycles. The smallest absolute Gasteiger partial charge is 0.324 e. The van der Waals surface area contributed by atoms with Gasteiger partial charge in [-0.3, -0.25) is 14.5 Å². The quantitative estimate of drug-likeness (QED) is 0.817. The first-order chi connectivity index (χ1) is 9.56. The van der Waals surface area contributed by atoms with Crippen molar-refractivity contribution in [1.82, 2.24) is 15.1 Å². The van der Waals surface area contributed by atoms with E-state index >= 15 is 0 Å². The Kier molecular flexibility index (Phi) is 3.10. The second-order valence-electron chi connectivity index (χ2n) is 4.80. The molecule has 4 amide bonds. The maximum absolute atomic E-state index is 12.2. The Morgan fingerprint density at radius 2 is 2.05 bits per heavy atom. The highest BCUT2D eigenvalue weighted by molar-refractivity contribution is 6.30. The minimum atomic E-state index is -0.380. The summed E-state index contributed by atoms with van der Waals surface area (Å²) in [7, 11) is 0. The first kappa shape index (κ1) is 12.9. The van der Waals surface area contributed by atoms with Gasteiger partial charge in [0.25, 0.3) is 5.91 Å². The molecule has 2 aliphatic rings. The normalized spacial score (nSPS) is 19.1. The van der Waals surface area contributed by atoms with Gasteiger partial charge in [-0.25, -0.2) is 4.79 Å². The predicted molar refractivity (Wildman–Crippen MR) is 71.4 cm³/mol. The number of carbonyl (C=O) groups is 3. The predicted octanol–water partition coefficient (Wildman–Crippen LogP) is 0.716. The van der Waals surface area contributed by atoms with Crippen LogP contribution in [-0.4, -0.2) is 53.3 Å². The van der Waals surface area contributed by atoms with E-state index in [0.717, 1.165) is 0 Å². The number of amides is 4. The lowest BCUT2D eigenvalue weighted by Gasteiger charge is -2.42. The highest BCUT2D eigenvalue weighted by Gasteiger charge is 2.42. The van der Waals surface area contributed by atoms with Crippen LogP contribution in [0.3, 0.4) is 0 Å². The minimum absolute atomic E-state index is 0.0393. The Labute approximate surface area is 120 Å². The van der Waals surface area contributed by atoms with E-state index in [1.807, 2.05) is 0 Å². The molecule has 3 rings (SSSR count). The molecule has 2 heterocycles. The number of urea groups is 1. The highest BCUT2D eigenvalue weighted by atomic mass is 35.5. The molecule has 6 nitrogen and oxygen atoms in total. The van der Waals surface area contributed by atoms with Crippen LogP contribution in [0.2, 0.25) is 5.02 Å². The first-order valence-corrected chi connectivity index (χ1v) is 6.59. The van der Waals surface area contributed by atoms with Gasteiger partial charge in [-0.2, -0.15) is 0 Å². The fraction of sp³-hybridized carbons (Fsp3) is 0.308. The van der Waals surface area contributed by atoms with Crippen LogP contribution >= 0.6 is 11.6 Å². The molecule has 0 radical (unpaired) electrons. The molecule has 0 spiro atoms. The van der Waals surface area contributed by atoms with Crippen molar-refractivity contribution in [3.63, 3.8) is 0 Å². The summed E-state index contributed by atoms with van der Waals surface area (Å²) in [6.07, 6.45) is 0. The standard InChI is InChI=1S/C13H12ClN3O3/c14-9-3-1-2-8(4-9)12(19)16-6-10(7-16)17-11(18)5-15-13(17)20/h1-4,10H,5-7H2,(H,15,20). The molecule has 0 atom stereocenters. The molecule has 2 saturated heterocycles. The van der Waals surface area contributed by atoms with E-state index in [-0.39, 0.29) is 30.4 Å². The van der Waals surface area contributed by atoms with E-state index in [9.17, 15) is 14.4 Å². The van der Waals surface area contributed by atoms with Crippen molar-refractivity contribution in [2.45, 2.75) is 6.04 Å². The number of hydrogen-bond donors (Lipinski definition) is 1. The molecular formula is C13H12ClN3O3. The number of rotatable bonds is 2. The fourth-order valence-electron chi connectivity index (χ4n) is 2.39. The molecule has 0 unspecified atom stereocenters. The van der Waals surface area contributed by atoms with E-state index in [1.165, 1.54) is 4.90 Å². The van der Waals surface area contributed by atoms with Gasteiger partial charge in [0.05, 0.1) is 12.6 Å². The van der Waals surface area contributed by atoms with Gasteiger partial charge < -0.3 is 10.2 Å². The summed E-state index contributed by atoms with van der Waals surface area (Å²) in [5, 5.41) is 2.97. The van der Waals surface area contributed by atoms with Crippen molar-refractivity contribution in [1.29, 1.82) is 0 Å². The van der Waals surface area contributed by atoms with E-state index in [1.54, 1.807) is 29.2 Å². The molecule has 0 bridgehead atoms. The van der Waals surface area contributed by atoms with Crippen LogP contribution in [0, 0.1) is 0 Å². The molecule has 104 valence electrons. The lowest BCUT2D eigenvalue weighted by Crippen LogP contribution is -2.62. The Hall–Kier alpha value is -2.08. The number of halogens is 1. The largest absolute Gasteiger partial charge is 0.334 e. The van der Waals surface area contributed by atoms with Crippen LogP contribution in [0.4, 0.5) is 4.79 Å². The number of nitrogens with zero attached hydrogens (tertiary/aromatic N) is 2. The Balaban J connectivity index is 1.64. The maximum Gasteiger partial charge on any atom is 0.324 e. The van der Waals surface area contributed by atoms with Gasteiger partial charge in [-0.15, -0.1) is 0 Å². The summed E-state index contributed by atoms with van der Waals surface area (Å²) in [5.74, 6) is -0.384. The summed E-state index contributed by atoms with van der Waals surface area (Å²) in [5.41, 5.74) is 0.508.